The minimum absolute atomic E-state index is 0.113. The Morgan fingerprint density at radius 2 is 1.87 bits per heavy atom. The summed E-state index contributed by atoms with van der Waals surface area (Å²) in [5.41, 5.74) is 6.15. The average molecular weight is 418 g/mol. The third kappa shape index (κ3) is 7.86. The van der Waals surface area contributed by atoms with E-state index in [2.05, 4.69) is 77.2 Å². The van der Waals surface area contributed by atoms with Crippen LogP contribution in [-0.4, -0.2) is 5.91 Å². The quantitative estimate of drug-likeness (QED) is 0.351. The SMILES string of the molecule is CC1=C(/C=C/C(C)=C/C=C/C(C)=C/C(=O)NC2=CC=CC(C)C=C2)C(C)(C)CCC1C. The Balaban J connectivity index is 1.98. The predicted octanol–water partition coefficient (Wildman–Crippen LogP) is 7.53. The molecule has 2 rings (SSSR count). The molecule has 0 spiro atoms. The number of rotatable bonds is 6. The summed E-state index contributed by atoms with van der Waals surface area (Å²) in [5, 5.41) is 2.92. The maximum atomic E-state index is 12.3. The van der Waals surface area contributed by atoms with Crippen LogP contribution in [0.25, 0.3) is 0 Å². The minimum Gasteiger partial charge on any atom is -0.323 e. The van der Waals surface area contributed by atoms with Crippen LogP contribution in [-0.2, 0) is 4.79 Å². The van der Waals surface area contributed by atoms with Gasteiger partial charge in [0.25, 0.3) is 0 Å². The summed E-state index contributed by atoms with van der Waals surface area (Å²) in [5.74, 6) is 0.930. The van der Waals surface area contributed by atoms with Crippen LogP contribution in [0.1, 0.15) is 61.3 Å². The van der Waals surface area contributed by atoms with Crippen molar-refractivity contribution in [3.8, 4) is 0 Å². The van der Waals surface area contributed by atoms with Gasteiger partial charge in [-0.2, -0.15) is 0 Å². The van der Waals surface area contributed by atoms with Crippen LogP contribution in [0.4, 0.5) is 0 Å². The molecule has 31 heavy (non-hydrogen) atoms. The van der Waals surface area contributed by atoms with Crippen LogP contribution < -0.4 is 5.32 Å². The highest BCUT2D eigenvalue weighted by Gasteiger charge is 2.29. The normalized spacial score (nSPS) is 24.7. The number of carbonyl (C=O) groups is 1. The zero-order valence-corrected chi connectivity index (χ0v) is 20.3. The molecule has 0 aromatic rings. The smallest absolute Gasteiger partial charge is 0.248 e. The second-order valence-electron chi connectivity index (χ2n) is 9.63. The maximum absolute atomic E-state index is 12.3. The van der Waals surface area contributed by atoms with Gasteiger partial charge in [-0.3, -0.25) is 4.79 Å². The molecule has 1 amide bonds. The third-order valence-corrected chi connectivity index (χ3v) is 6.22. The van der Waals surface area contributed by atoms with Gasteiger partial charge < -0.3 is 5.32 Å². The van der Waals surface area contributed by atoms with E-state index < -0.39 is 0 Å². The van der Waals surface area contributed by atoms with Crippen LogP contribution in [0.5, 0.6) is 0 Å². The number of hydrogen-bond donors (Lipinski definition) is 1. The molecule has 0 aromatic heterocycles. The van der Waals surface area contributed by atoms with Gasteiger partial charge >= 0.3 is 0 Å². The van der Waals surface area contributed by atoms with E-state index in [1.165, 1.54) is 29.6 Å². The Hall–Kier alpha value is -2.61. The zero-order valence-electron chi connectivity index (χ0n) is 20.3. The van der Waals surface area contributed by atoms with Crippen molar-refractivity contribution in [1.82, 2.24) is 5.32 Å². The lowest BCUT2D eigenvalue weighted by Crippen LogP contribution is -2.23. The molecule has 0 heterocycles. The highest BCUT2D eigenvalue weighted by Crippen LogP contribution is 2.43. The number of amides is 1. The van der Waals surface area contributed by atoms with E-state index in [4.69, 9.17) is 0 Å². The average Bonchev–Trinajstić information content (AvgIpc) is 2.89. The van der Waals surface area contributed by atoms with E-state index in [0.717, 1.165) is 11.3 Å². The molecule has 2 aliphatic rings. The van der Waals surface area contributed by atoms with Gasteiger partial charge in [0.1, 0.15) is 0 Å². The highest BCUT2D eigenvalue weighted by molar-refractivity contribution is 5.90. The van der Waals surface area contributed by atoms with Crippen molar-refractivity contribution >= 4 is 5.91 Å². The van der Waals surface area contributed by atoms with Gasteiger partial charge in [-0.25, -0.2) is 0 Å². The zero-order chi connectivity index (χ0) is 23.0. The fraction of sp³-hybridized carbons (Fsp3) is 0.414. The standard InChI is InChI=1S/C29H39NO/c1-21-11-9-13-26(16-14-21)30-28(31)20-23(3)12-8-10-22(2)15-17-27-25(5)24(4)18-19-29(27,6)7/h8-17,20-21,24H,18-19H2,1-7H3,(H,30,31)/b12-8+,17-15+,22-10+,23-20+. The predicted molar refractivity (Wildman–Crippen MR) is 134 cm³/mol. The lowest BCUT2D eigenvalue weighted by Gasteiger charge is -2.36. The van der Waals surface area contributed by atoms with Crippen molar-refractivity contribution in [2.75, 3.05) is 0 Å². The summed E-state index contributed by atoms with van der Waals surface area (Å²) in [6.07, 6.45) is 24.7. The summed E-state index contributed by atoms with van der Waals surface area (Å²) in [6.45, 7) is 15.5. The highest BCUT2D eigenvalue weighted by atomic mass is 16.1. The Morgan fingerprint density at radius 1 is 1.13 bits per heavy atom. The largest absolute Gasteiger partial charge is 0.323 e. The first-order valence-corrected chi connectivity index (χ1v) is 11.4. The van der Waals surface area contributed by atoms with E-state index in [1.54, 1.807) is 6.08 Å². The molecule has 2 unspecified atom stereocenters. The van der Waals surface area contributed by atoms with Crippen molar-refractivity contribution in [2.45, 2.75) is 61.3 Å². The van der Waals surface area contributed by atoms with Crippen molar-refractivity contribution < 1.29 is 4.79 Å². The molecule has 0 aliphatic heterocycles. The van der Waals surface area contributed by atoms with E-state index in [1.807, 2.05) is 37.3 Å². The Labute approximate surface area is 189 Å². The first-order chi connectivity index (χ1) is 14.6. The van der Waals surface area contributed by atoms with Crippen molar-refractivity contribution in [2.24, 2.45) is 17.3 Å². The molecular weight excluding hydrogens is 378 g/mol. The fourth-order valence-corrected chi connectivity index (χ4v) is 3.93. The molecular formula is C29H39NO. The molecule has 2 nitrogen and oxygen atoms in total. The summed E-state index contributed by atoms with van der Waals surface area (Å²) >= 11 is 0. The number of carbonyl (C=O) groups excluding carboxylic acids is 1. The maximum Gasteiger partial charge on any atom is 0.248 e. The van der Waals surface area contributed by atoms with Crippen molar-refractivity contribution in [3.05, 3.63) is 94.8 Å². The minimum atomic E-state index is -0.113. The second kappa shape index (κ2) is 11.1. The van der Waals surface area contributed by atoms with Crippen LogP contribution in [0.3, 0.4) is 0 Å². The number of allylic oxidation sites excluding steroid dienone is 14. The Kier molecular flexibility index (Phi) is 8.86. The molecule has 0 aromatic carbocycles. The monoisotopic (exact) mass is 417 g/mol. The third-order valence-electron chi connectivity index (χ3n) is 6.22. The summed E-state index contributed by atoms with van der Waals surface area (Å²) in [4.78, 5) is 12.3. The lowest BCUT2D eigenvalue weighted by molar-refractivity contribution is -0.115. The van der Waals surface area contributed by atoms with Crippen LogP contribution in [0, 0.1) is 17.3 Å². The van der Waals surface area contributed by atoms with Gasteiger partial charge in [0.2, 0.25) is 5.91 Å². The van der Waals surface area contributed by atoms with Gasteiger partial charge in [-0.1, -0.05) is 87.4 Å². The van der Waals surface area contributed by atoms with Crippen LogP contribution in [0.15, 0.2) is 94.8 Å². The molecule has 2 atom stereocenters. The Morgan fingerprint density at radius 3 is 2.61 bits per heavy atom. The van der Waals surface area contributed by atoms with Crippen molar-refractivity contribution in [3.63, 3.8) is 0 Å². The topological polar surface area (TPSA) is 29.1 Å². The van der Waals surface area contributed by atoms with Gasteiger partial charge in [0, 0.05) is 11.8 Å². The molecule has 0 saturated heterocycles. The van der Waals surface area contributed by atoms with Gasteiger partial charge in [-0.05, 0) is 74.2 Å². The molecule has 1 N–H and O–H groups in total. The number of hydrogen-bond acceptors (Lipinski definition) is 1. The molecule has 2 heteroatoms. The van der Waals surface area contributed by atoms with Gasteiger partial charge in [0.15, 0.2) is 0 Å². The number of nitrogens with one attached hydrogen (secondary N) is 1. The summed E-state index contributed by atoms with van der Waals surface area (Å²) in [6, 6.07) is 0. The van der Waals surface area contributed by atoms with Crippen molar-refractivity contribution in [1.29, 1.82) is 0 Å². The molecule has 2 aliphatic carbocycles. The van der Waals surface area contributed by atoms with E-state index in [0.29, 0.717) is 11.8 Å². The molecule has 0 bridgehead atoms. The first-order valence-electron chi connectivity index (χ1n) is 11.4. The molecule has 0 fully saturated rings. The van der Waals surface area contributed by atoms with Gasteiger partial charge in [-0.15, -0.1) is 0 Å². The molecule has 0 saturated carbocycles. The lowest BCUT2D eigenvalue weighted by atomic mass is 9.69. The Bertz CT molecular complexity index is 912. The van der Waals surface area contributed by atoms with Crippen LogP contribution in [0.2, 0.25) is 0 Å². The fourth-order valence-electron chi connectivity index (χ4n) is 3.93. The van der Waals surface area contributed by atoms with Gasteiger partial charge in [0.05, 0.1) is 0 Å². The summed E-state index contributed by atoms with van der Waals surface area (Å²) in [7, 11) is 0. The molecule has 0 radical (unpaired) electrons. The van der Waals surface area contributed by atoms with E-state index in [9.17, 15) is 4.79 Å². The summed E-state index contributed by atoms with van der Waals surface area (Å²) < 4.78 is 0. The molecule has 166 valence electrons. The second-order valence-corrected chi connectivity index (χ2v) is 9.63. The first kappa shape index (κ1) is 24.7. The van der Waals surface area contributed by atoms with Crippen LogP contribution >= 0.6 is 0 Å². The van der Waals surface area contributed by atoms with E-state index >= 15 is 0 Å². The van der Waals surface area contributed by atoms with E-state index in [-0.39, 0.29) is 11.3 Å².